The number of aryl methyl sites for hydroxylation is 1. The van der Waals surface area contributed by atoms with Crippen LogP contribution in [0.2, 0.25) is 0 Å². The summed E-state index contributed by atoms with van der Waals surface area (Å²) in [6.45, 7) is 2.09. The molecule has 0 fully saturated rings. The van der Waals surface area contributed by atoms with Gasteiger partial charge in [-0.1, -0.05) is 31.2 Å². The molecule has 3 rings (SSSR count). The maximum atomic E-state index is 12.1. The average Bonchev–Trinajstić information content (AvgIpc) is 2.82. The van der Waals surface area contributed by atoms with Gasteiger partial charge in [-0.2, -0.15) is 8.42 Å². The normalized spacial score (nSPS) is 11.1. The van der Waals surface area contributed by atoms with Crippen molar-refractivity contribution in [3.05, 3.63) is 77.9 Å². The van der Waals surface area contributed by atoms with E-state index in [4.69, 9.17) is 13.7 Å². The summed E-state index contributed by atoms with van der Waals surface area (Å²) in [5.41, 5.74) is 1.97. The number of esters is 1. The third kappa shape index (κ3) is 8.84. The van der Waals surface area contributed by atoms with Crippen LogP contribution in [-0.4, -0.2) is 38.1 Å². The van der Waals surface area contributed by atoms with Crippen LogP contribution in [-0.2, 0) is 27.8 Å². The number of aromatic hydroxyl groups is 1. The second kappa shape index (κ2) is 12.5. The molecule has 3 aromatic carbocycles. The van der Waals surface area contributed by atoms with Gasteiger partial charge in [0.2, 0.25) is 0 Å². The third-order valence-electron chi connectivity index (χ3n) is 4.86. The van der Waals surface area contributed by atoms with E-state index >= 15 is 0 Å². The molecular weight excluding hydrogens is 488 g/mol. The van der Waals surface area contributed by atoms with Gasteiger partial charge in [-0.05, 0) is 60.0 Å². The molecule has 0 saturated carbocycles. The SMILES string of the molecule is CCC(=O)Oc1c(CCOc2ccc(OS(C)(=O)=O)cc2)cccc1SCCc1ccc(O)cc1. The molecule has 0 radical (unpaired) electrons. The van der Waals surface area contributed by atoms with Gasteiger partial charge in [-0.15, -0.1) is 11.8 Å². The van der Waals surface area contributed by atoms with Gasteiger partial charge >= 0.3 is 16.1 Å². The van der Waals surface area contributed by atoms with Crippen molar-refractivity contribution in [2.75, 3.05) is 18.6 Å². The van der Waals surface area contributed by atoms with E-state index < -0.39 is 10.1 Å². The van der Waals surface area contributed by atoms with Crippen molar-refractivity contribution in [2.24, 2.45) is 0 Å². The Morgan fingerprint density at radius 3 is 2.29 bits per heavy atom. The highest BCUT2D eigenvalue weighted by Crippen LogP contribution is 2.34. The Morgan fingerprint density at radius 2 is 1.63 bits per heavy atom. The summed E-state index contributed by atoms with van der Waals surface area (Å²) in [5, 5.41) is 9.44. The summed E-state index contributed by atoms with van der Waals surface area (Å²) in [7, 11) is -3.58. The Bertz CT molecular complexity index is 1220. The fraction of sp³-hybridized carbons (Fsp3) is 0.269. The second-order valence-corrected chi connectivity index (χ2v) is 10.4. The summed E-state index contributed by atoms with van der Waals surface area (Å²) in [6, 6.07) is 19.2. The quantitative estimate of drug-likeness (QED) is 0.155. The van der Waals surface area contributed by atoms with Gasteiger partial charge in [-0.3, -0.25) is 4.79 Å². The van der Waals surface area contributed by atoms with E-state index in [-0.39, 0.29) is 23.9 Å². The van der Waals surface area contributed by atoms with E-state index in [0.717, 1.165) is 34.5 Å². The molecule has 0 aliphatic rings. The first-order valence-electron chi connectivity index (χ1n) is 11.1. The number of phenolic OH excluding ortho intramolecular Hbond substituents is 1. The molecule has 0 aliphatic carbocycles. The van der Waals surface area contributed by atoms with Crippen LogP contribution in [0.4, 0.5) is 0 Å². The molecule has 0 saturated heterocycles. The number of phenols is 1. The highest BCUT2D eigenvalue weighted by Gasteiger charge is 2.14. The predicted octanol–water partition coefficient (Wildman–Crippen LogP) is 5.00. The van der Waals surface area contributed by atoms with Gasteiger partial charge in [0, 0.05) is 18.6 Å². The minimum absolute atomic E-state index is 0.214. The average molecular weight is 517 g/mol. The molecule has 3 aromatic rings. The van der Waals surface area contributed by atoms with E-state index in [1.54, 1.807) is 43.0 Å². The first kappa shape index (κ1) is 26.4. The monoisotopic (exact) mass is 516 g/mol. The third-order valence-corrected chi connectivity index (χ3v) is 6.40. The Labute approximate surface area is 210 Å². The topological polar surface area (TPSA) is 99.1 Å². The molecule has 0 aromatic heterocycles. The van der Waals surface area contributed by atoms with Crippen molar-refractivity contribution >= 4 is 27.8 Å². The second-order valence-electron chi connectivity index (χ2n) is 7.69. The maximum absolute atomic E-state index is 12.1. The Kier molecular flexibility index (Phi) is 9.45. The van der Waals surface area contributed by atoms with Crippen LogP contribution in [0.25, 0.3) is 0 Å². The number of rotatable bonds is 12. The van der Waals surface area contributed by atoms with Gasteiger partial charge in [0.05, 0.1) is 17.8 Å². The lowest BCUT2D eigenvalue weighted by Gasteiger charge is -2.15. The minimum atomic E-state index is -3.58. The Hall–Kier alpha value is -3.17. The van der Waals surface area contributed by atoms with Crippen molar-refractivity contribution in [1.29, 1.82) is 0 Å². The maximum Gasteiger partial charge on any atom is 0.310 e. The van der Waals surface area contributed by atoms with Crippen molar-refractivity contribution in [2.45, 2.75) is 31.1 Å². The van der Waals surface area contributed by atoms with E-state index in [0.29, 0.717) is 24.5 Å². The first-order chi connectivity index (χ1) is 16.7. The number of hydrogen-bond donors (Lipinski definition) is 1. The lowest BCUT2D eigenvalue weighted by molar-refractivity contribution is -0.134. The summed E-state index contributed by atoms with van der Waals surface area (Å²) < 4.78 is 38.8. The van der Waals surface area contributed by atoms with Crippen molar-refractivity contribution in [3.8, 4) is 23.0 Å². The number of hydrogen-bond acceptors (Lipinski definition) is 8. The van der Waals surface area contributed by atoms with Crippen LogP contribution in [0.1, 0.15) is 24.5 Å². The van der Waals surface area contributed by atoms with Crippen LogP contribution >= 0.6 is 11.8 Å². The highest BCUT2D eigenvalue weighted by molar-refractivity contribution is 7.99. The summed E-state index contributed by atoms with van der Waals surface area (Å²) in [6.07, 6.45) is 2.57. The molecule has 0 unspecified atom stereocenters. The molecule has 9 heteroatoms. The zero-order valence-electron chi connectivity index (χ0n) is 19.6. The van der Waals surface area contributed by atoms with Crippen LogP contribution in [0, 0.1) is 0 Å². The summed E-state index contributed by atoms with van der Waals surface area (Å²) >= 11 is 1.61. The fourth-order valence-electron chi connectivity index (χ4n) is 3.16. The summed E-state index contributed by atoms with van der Waals surface area (Å²) in [4.78, 5) is 13.0. The van der Waals surface area contributed by atoms with Crippen molar-refractivity contribution < 1.29 is 32.0 Å². The molecule has 0 atom stereocenters. The van der Waals surface area contributed by atoms with Crippen molar-refractivity contribution in [3.63, 3.8) is 0 Å². The largest absolute Gasteiger partial charge is 0.508 e. The highest BCUT2D eigenvalue weighted by atomic mass is 32.2. The number of carbonyl (C=O) groups is 1. The van der Waals surface area contributed by atoms with Crippen molar-refractivity contribution in [1.82, 2.24) is 0 Å². The number of benzene rings is 3. The Balaban J connectivity index is 1.64. The number of ether oxygens (including phenoxy) is 2. The van der Waals surface area contributed by atoms with E-state index in [1.807, 2.05) is 30.3 Å². The zero-order valence-corrected chi connectivity index (χ0v) is 21.2. The van der Waals surface area contributed by atoms with Gasteiger partial charge in [0.15, 0.2) is 0 Å². The molecule has 7 nitrogen and oxygen atoms in total. The molecule has 1 N–H and O–H groups in total. The minimum Gasteiger partial charge on any atom is -0.508 e. The standard InChI is InChI=1S/C26H28O7S2/c1-3-25(28)32-26-20(15-17-31-22-11-13-23(14-12-22)33-35(2,29)30)5-4-6-24(26)34-18-16-19-7-9-21(27)10-8-19/h4-14,27H,3,15-18H2,1-2H3. The molecule has 0 spiro atoms. The predicted molar refractivity (Wildman–Crippen MR) is 136 cm³/mol. The van der Waals surface area contributed by atoms with Crippen LogP contribution in [0.3, 0.4) is 0 Å². The van der Waals surface area contributed by atoms with E-state index in [2.05, 4.69) is 0 Å². The lowest BCUT2D eigenvalue weighted by Crippen LogP contribution is -2.10. The smallest absolute Gasteiger partial charge is 0.310 e. The first-order valence-corrected chi connectivity index (χ1v) is 13.9. The lowest BCUT2D eigenvalue weighted by atomic mass is 10.1. The molecule has 0 aliphatic heterocycles. The summed E-state index contributed by atoms with van der Waals surface area (Å²) in [5.74, 6) is 2.05. The molecular formula is C26H28O7S2. The Morgan fingerprint density at radius 1 is 0.943 bits per heavy atom. The van der Waals surface area contributed by atoms with Crippen LogP contribution < -0.4 is 13.7 Å². The van der Waals surface area contributed by atoms with Gasteiger partial charge in [0.25, 0.3) is 0 Å². The van der Waals surface area contributed by atoms with Crippen LogP contribution in [0.5, 0.6) is 23.0 Å². The fourth-order valence-corrected chi connectivity index (χ4v) is 4.66. The molecule has 35 heavy (non-hydrogen) atoms. The molecule has 0 heterocycles. The van der Waals surface area contributed by atoms with Crippen LogP contribution in [0.15, 0.2) is 71.6 Å². The van der Waals surface area contributed by atoms with E-state index in [9.17, 15) is 18.3 Å². The molecule has 186 valence electrons. The van der Waals surface area contributed by atoms with Gasteiger partial charge in [-0.25, -0.2) is 0 Å². The number of carbonyl (C=O) groups excluding carboxylic acids is 1. The van der Waals surface area contributed by atoms with E-state index in [1.165, 1.54) is 12.1 Å². The van der Waals surface area contributed by atoms with Gasteiger partial charge < -0.3 is 18.8 Å². The van der Waals surface area contributed by atoms with Gasteiger partial charge in [0.1, 0.15) is 23.0 Å². The molecule has 0 bridgehead atoms. The zero-order chi connectivity index (χ0) is 25.3. The molecule has 0 amide bonds. The number of thioether (sulfide) groups is 1. The number of para-hydroxylation sites is 1.